The molecule has 20 heavy (non-hydrogen) atoms. The standard InChI is InChI=1S/C12H13BrFN3O3/c1-2-16-8(7-15)3-4-20-12-6-10(14)9(13)5-11(12)17(18)19/h5-6,8,16H,2-4H2,1H3. The van der Waals surface area contributed by atoms with Crippen LogP contribution in [0, 0.1) is 27.3 Å². The number of hydrogen-bond acceptors (Lipinski definition) is 5. The fourth-order valence-corrected chi connectivity index (χ4v) is 1.85. The molecule has 1 rings (SSSR count). The molecule has 0 heterocycles. The summed E-state index contributed by atoms with van der Waals surface area (Å²) in [4.78, 5) is 10.2. The number of nitro groups is 1. The number of nitro benzene ring substituents is 1. The summed E-state index contributed by atoms with van der Waals surface area (Å²) in [5.41, 5.74) is -0.324. The van der Waals surface area contributed by atoms with Crippen molar-refractivity contribution in [3.05, 3.63) is 32.5 Å². The van der Waals surface area contributed by atoms with Crippen molar-refractivity contribution in [2.75, 3.05) is 13.2 Å². The second kappa shape index (κ2) is 7.77. The Kier molecular flexibility index (Phi) is 6.35. The van der Waals surface area contributed by atoms with Crippen molar-refractivity contribution < 1.29 is 14.1 Å². The molecule has 0 fully saturated rings. The van der Waals surface area contributed by atoms with Crippen LogP contribution in [-0.4, -0.2) is 24.1 Å². The zero-order valence-electron chi connectivity index (χ0n) is 10.7. The predicted molar refractivity (Wildman–Crippen MR) is 73.9 cm³/mol. The van der Waals surface area contributed by atoms with Crippen molar-refractivity contribution in [1.29, 1.82) is 5.26 Å². The van der Waals surface area contributed by atoms with Gasteiger partial charge in [-0.05, 0) is 22.5 Å². The smallest absolute Gasteiger partial charge is 0.312 e. The molecule has 0 aliphatic rings. The Morgan fingerprint density at radius 2 is 2.35 bits per heavy atom. The minimum Gasteiger partial charge on any atom is -0.487 e. The molecule has 1 aromatic rings. The number of halogens is 2. The van der Waals surface area contributed by atoms with Crippen LogP contribution in [-0.2, 0) is 0 Å². The summed E-state index contributed by atoms with van der Waals surface area (Å²) >= 11 is 2.88. The molecule has 0 radical (unpaired) electrons. The Morgan fingerprint density at radius 1 is 1.65 bits per heavy atom. The van der Waals surface area contributed by atoms with Crippen molar-refractivity contribution in [3.63, 3.8) is 0 Å². The number of nitrogens with one attached hydrogen (secondary N) is 1. The largest absolute Gasteiger partial charge is 0.487 e. The number of nitrogens with zero attached hydrogens (tertiary/aromatic N) is 2. The van der Waals surface area contributed by atoms with E-state index >= 15 is 0 Å². The number of ether oxygens (including phenoxy) is 1. The van der Waals surface area contributed by atoms with Crippen LogP contribution >= 0.6 is 15.9 Å². The van der Waals surface area contributed by atoms with Gasteiger partial charge in [0.15, 0.2) is 5.75 Å². The fraction of sp³-hybridized carbons (Fsp3) is 0.417. The number of benzene rings is 1. The van der Waals surface area contributed by atoms with Crippen LogP contribution in [0.2, 0.25) is 0 Å². The summed E-state index contributed by atoms with van der Waals surface area (Å²) in [6, 6.07) is 3.64. The molecule has 108 valence electrons. The van der Waals surface area contributed by atoms with Crippen molar-refractivity contribution in [1.82, 2.24) is 5.32 Å². The number of nitriles is 1. The SMILES string of the molecule is CCNC(C#N)CCOc1cc(F)c(Br)cc1[N+](=O)[O-]. The molecule has 8 heteroatoms. The van der Waals surface area contributed by atoms with Crippen LogP contribution < -0.4 is 10.1 Å². The van der Waals surface area contributed by atoms with E-state index in [1.165, 1.54) is 0 Å². The van der Waals surface area contributed by atoms with E-state index in [2.05, 4.69) is 21.2 Å². The lowest BCUT2D eigenvalue weighted by Crippen LogP contribution is -2.28. The first-order valence-electron chi connectivity index (χ1n) is 5.88. The molecule has 0 amide bonds. The quantitative estimate of drug-likeness (QED) is 0.606. The Bertz CT molecular complexity index is 533. The number of hydrogen-bond donors (Lipinski definition) is 1. The van der Waals surface area contributed by atoms with Gasteiger partial charge in [-0.15, -0.1) is 0 Å². The summed E-state index contributed by atoms with van der Waals surface area (Å²) in [6.07, 6.45) is 0.346. The Hall–Kier alpha value is -1.72. The van der Waals surface area contributed by atoms with Crippen molar-refractivity contribution in [2.24, 2.45) is 0 Å². The maximum atomic E-state index is 13.4. The minimum atomic E-state index is -0.647. The van der Waals surface area contributed by atoms with Crippen LogP contribution in [0.3, 0.4) is 0 Å². The molecule has 0 aliphatic carbocycles. The van der Waals surface area contributed by atoms with Gasteiger partial charge in [-0.1, -0.05) is 6.92 Å². The number of rotatable bonds is 7. The maximum absolute atomic E-state index is 13.4. The van der Waals surface area contributed by atoms with Gasteiger partial charge in [0, 0.05) is 18.6 Å². The van der Waals surface area contributed by atoms with Gasteiger partial charge in [-0.25, -0.2) is 4.39 Å². The Morgan fingerprint density at radius 3 is 2.90 bits per heavy atom. The van der Waals surface area contributed by atoms with Crippen LogP contribution in [0.15, 0.2) is 16.6 Å². The van der Waals surface area contributed by atoms with Crippen LogP contribution in [0.1, 0.15) is 13.3 Å². The molecule has 1 atom stereocenters. The third-order valence-corrected chi connectivity index (χ3v) is 3.08. The van der Waals surface area contributed by atoms with Gasteiger partial charge in [0.05, 0.1) is 28.1 Å². The van der Waals surface area contributed by atoms with Crippen LogP contribution in [0.5, 0.6) is 5.75 Å². The zero-order chi connectivity index (χ0) is 15.1. The maximum Gasteiger partial charge on any atom is 0.312 e. The van der Waals surface area contributed by atoms with Gasteiger partial charge in [0.1, 0.15) is 5.82 Å². The first-order valence-corrected chi connectivity index (χ1v) is 6.68. The van der Waals surface area contributed by atoms with E-state index in [1.807, 2.05) is 13.0 Å². The van der Waals surface area contributed by atoms with E-state index in [0.29, 0.717) is 13.0 Å². The molecule has 6 nitrogen and oxygen atoms in total. The lowest BCUT2D eigenvalue weighted by molar-refractivity contribution is -0.386. The van der Waals surface area contributed by atoms with E-state index in [4.69, 9.17) is 10.00 Å². The highest BCUT2D eigenvalue weighted by molar-refractivity contribution is 9.10. The van der Waals surface area contributed by atoms with E-state index in [-0.39, 0.29) is 22.5 Å². The van der Waals surface area contributed by atoms with E-state index in [0.717, 1.165) is 12.1 Å². The van der Waals surface area contributed by atoms with E-state index in [1.54, 1.807) is 0 Å². The summed E-state index contributed by atoms with van der Waals surface area (Å²) in [7, 11) is 0. The normalized spacial score (nSPS) is 11.7. The lowest BCUT2D eigenvalue weighted by Gasteiger charge is -2.11. The summed E-state index contributed by atoms with van der Waals surface area (Å²) in [6.45, 7) is 2.57. The third kappa shape index (κ3) is 4.43. The van der Waals surface area contributed by atoms with E-state index in [9.17, 15) is 14.5 Å². The van der Waals surface area contributed by atoms with Gasteiger partial charge < -0.3 is 10.1 Å². The topological polar surface area (TPSA) is 88.2 Å². The third-order valence-electron chi connectivity index (χ3n) is 2.47. The van der Waals surface area contributed by atoms with Gasteiger partial charge >= 0.3 is 5.69 Å². The molecular weight excluding hydrogens is 333 g/mol. The van der Waals surface area contributed by atoms with Gasteiger partial charge in [0.2, 0.25) is 0 Å². The highest BCUT2D eigenvalue weighted by Gasteiger charge is 2.19. The molecular formula is C12H13BrFN3O3. The van der Waals surface area contributed by atoms with Crippen molar-refractivity contribution in [2.45, 2.75) is 19.4 Å². The Balaban J connectivity index is 2.75. The molecule has 0 saturated heterocycles. The second-order valence-corrected chi connectivity index (χ2v) is 4.72. The van der Waals surface area contributed by atoms with Crippen molar-refractivity contribution >= 4 is 21.6 Å². The predicted octanol–water partition coefficient (Wildman–Crippen LogP) is 2.77. The van der Waals surface area contributed by atoms with Gasteiger partial charge in [-0.2, -0.15) is 5.26 Å². The molecule has 0 aromatic heterocycles. The highest BCUT2D eigenvalue weighted by Crippen LogP contribution is 2.32. The molecule has 1 N–H and O–H groups in total. The highest BCUT2D eigenvalue weighted by atomic mass is 79.9. The average Bonchev–Trinajstić information content (AvgIpc) is 2.41. The summed E-state index contributed by atoms with van der Waals surface area (Å²) < 4.78 is 18.6. The molecule has 0 saturated carbocycles. The summed E-state index contributed by atoms with van der Waals surface area (Å²) in [5, 5.41) is 22.6. The van der Waals surface area contributed by atoms with Gasteiger partial charge in [-0.3, -0.25) is 10.1 Å². The zero-order valence-corrected chi connectivity index (χ0v) is 12.3. The average molecular weight is 346 g/mol. The van der Waals surface area contributed by atoms with Crippen LogP contribution in [0.25, 0.3) is 0 Å². The molecule has 1 unspecified atom stereocenters. The first-order chi connectivity index (χ1) is 9.49. The molecule has 0 aliphatic heterocycles. The molecule has 0 bridgehead atoms. The second-order valence-electron chi connectivity index (χ2n) is 3.87. The molecule has 1 aromatic carbocycles. The lowest BCUT2D eigenvalue weighted by atomic mass is 10.2. The van der Waals surface area contributed by atoms with E-state index < -0.39 is 16.8 Å². The Labute approximate surface area is 123 Å². The van der Waals surface area contributed by atoms with Crippen LogP contribution in [0.4, 0.5) is 10.1 Å². The van der Waals surface area contributed by atoms with Gasteiger partial charge in [0.25, 0.3) is 0 Å². The monoisotopic (exact) mass is 345 g/mol. The van der Waals surface area contributed by atoms with Crippen molar-refractivity contribution in [3.8, 4) is 11.8 Å². The first kappa shape index (κ1) is 16.3. The minimum absolute atomic E-state index is 0.000832. The fourth-order valence-electron chi connectivity index (χ4n) is 1.52. The molecule has 0 spiro atoms. The summed E-state index contributed by atoms with van der Waals surface area (Å²) in [5.74, 6) is -0.794.